The molecule has 0 spiro atoms. The molecule has 2 rings (SSSR count). The zero-order valence-electron chi connectivity index (χ0n) is 14.8. The van der Waals surface area contributed by atoms with E-state index in [1.165, 1.54) is 13.3 Å². The number of aryl methyl sites for hydroxylation is 1. The lowest BCUT2D eigenvalue weighted by Crippen LogP contribution is -2.22. The van der Waals surface area contributed by atoms with Crippen LogP contribution in [0.1, 0.15) is 41.0 Å². The average Bonchev–Trinajstić information content (AvgIpc) is 2.61. The summed E-state index contributed by atoms with van der Waals surface area (Å²) in [7, 11) is 1.31. The number of carbonyl (C=O) groups excluding carboxylic acids is 1. The van der Waals surface area contributed by atoms with Crippen LogP contribution < -0.4 is 5.32 Å². The maximum Gasteiger partial charge on any atom is 0.339 e. The SMILES string of the molecule is CCOC(C)Nc1ncc(C(=O)OC)cc1C(=N)c1ccnc(C)c1. The molecule has 1 atom stereocenters. The molecule has 0 aliphatic rings. The number of hydrogen-bond donors (Lipinski definition) is 2. The van der Waals surface area contributed by atoms with Gasteiger partial charge in [-0.25, -0.2) is 9.78 Å². The molecule has 7 heteroatoms. The van der Waals surface area contributed by atoms with Crippen molar-refractivity contribution in [2.24, 2.45) is 0 Å². The van der Waals surface area contributed by atoms with Crippen LogP contribution in [0.3, 0.4) is 0 Å². The monoisotopic (exact) mass is 342 g/mol. The van der Waals surface area contributed by atoms with Crippen molar-refractivity contribution in [2.45, 2.75) is 27.0 Å². The summed E-state index contributed by atoms with van der Waals surface area (Å²) in [6.45, 7) is 6.15. The molecule has 0 saturated heterocycles. The molecular weight excluding hydrogens is 320 g/mol. The molecule has 2 heterocycles. The number of nitrogens with one attached hydrogen (secondary N) is 2. The first-order valence-corrected chi connectivity index (χ1v) is 7.94. The van der Waals surface area contributed by atoms with Crippen LogP contribution in [0.4, 0.5) is 5.82 Å². The third-order valence-corrected chi connectivity index (χ3v) is 3.52. The highest BCUT2D eigenvalue weighted by Crippen LogP contribution is 2.20. The number of rotatable bonds is 7. The summed E-state index contributed by atoms with van der Waals surface area (Å²) in [6, 6.07) is 5.15. The first kappa shape index (κ1) is 18.5. The van der Waals surface area contributed by atoms with Crippen LogP contribution in [-0.2, 0) is 9.47 Å². The molecule has 0 aliphatic carbocycles. The van der Waals surface area contributed by atoms with E-state index in [0.717, 1.165) is 5.69 Å². The molecule has 0 saturated carbocycles. The molecule has 1 unspecified atom stereocenters. The predicted molar refractivity (Wildman–Crippen MR) is 95.2 cm³/mol. The molecule has 132 valence electrons. The minimum atomic E-state index is -0.503. The third-order valence-electron chi connectivity index (χ3n) is 3.52. The van der Waals surface area contributed by atoms with E-state index >= 15 is 0 Å². The van der Waals surface area contributed by atoms with Gasteiger partial charge in [0, 0.05) is 35.8 Å². The molecule has 0 aromatic carbocycles. The second-order valence-electron chi connectivity index (χ2n) is 5.41. The normalized spacial score (nSPS) is 11.7. The van der Waals surface area contributed by atoms with Crippen molar-refractivity contribution in [1.29, 1.82) is 5.41 Å². The number of methoxy groups -OCH3 is 1. The molecule has 2 N–H and O–H groups in total. The number of nitrogens with zero attached hydrogens (tertiary/aromatic N) is 2. The van der Waals surface area contributed by atoms with Crippen molar-refractivity contribution in [1.82, 2.24) is 9.97 Å². The minimum absolute atomic E-state index is 0.231. The van der Waals surface area contributed by atoms with Gasteiger partial charge in [0.1, 0.15) is 12.0 Å². The zero-order valence-corrected chi connectivity index (χ0v) is 14.8. The Balaban J connectivity index is 2.46. The van der Waals surface area contributed by atoms with Crippen molar-refractivity contribution in [2.75, 3.05) is 19.0 Å². The van der Waals surface area contributed by atoms with Gasteiger partial charge < -0.3 is 14.8 Å². The minimum Gasteiger partial charge on any atom is -0.465 e. The lowest BCUT2D eigenvalue weighted by atomic mass is 10.0. The Morgan fingerprint density at radius 2 is 2.08 bits per heavy atom. The Kier molecular flexibility index (Phi) is 6.19. The van der Waals surface area contributed by atoms with Gasteiger partial charge in [0.15, 0.2) is 0 Å². The Bertz CT molecular complexity index is 777. The highest BCUT2D eigenvalue weighted by Gasteiger charge is 2.17. The Labute approximate surface area is 146 Å². The van der Waals surface area contributed by atoms with Crippen LogP contribution >= 0.6 is 0 Å². The lowest BCUT2D eigenvalue weighted by Gasteiger charge is -2.18. The van der Waals surface area contributed by atoms with Crippen LogP contribution in [0.25, 0.3) is 0 Å². The van der Waals surface area contributed by atoms with Gasteiger partial charge in [-0.1, -0.05) is 0 Å². The summed E-state index contributed by atoms with van der Waals surface area (Å²) >= 11 is 0. The van der Waals surface area contributed by atoms with Crippen molar-refractivity contribution < 1.29 is 14.3 Å². The molecule has 0 aliphatic heterocycles. The number of aromatic nitrogens is 2. The maximum atomic E-state index is 11.8. The predicted octanol–water partition coefficient (Wildman–Crippen LogP) is 2.78. The Morgan fingerprint density at radius 1 is 1.32 bits per heavy atom. The number of esters is 1. The average molecular weight is 342 g/mol. The molecule has 0 radical (unpaired) electrons. The summed E-state index contributed by atoms with van der Waals surface area (Å²) in [6.07, 6.45) is 2.78. The molecule has 7 nitrogen and oxygen atoms in total. The summed E-state index contributed by atoms with van der Waals surface area (Å²) < 4.78 is 10.2. The summed E-state index contributed by atoms with van der Waals surface area (Å²) in [5.74, 6) is -0.0371. The van der Waals surface area contributed by atoms with E-state index in [4.69, 9.17) is 14.9 Å². The first-order valence-electron chi connectivity index (χ1n) is 7.94. The van der Waals surface area contributed by atoms with Gasteiger partial charge >= 0.3 is 5.97 Å². The summed E-state index contributed by atoms with van der Waals surface area (Å²) in [4.78, 5) is 20.3. The summed E-state index contributed by atoms with van der Waals surface area (Å²) in [5.41, 5.74) is 2.48. The van der Waals surface area contributed by atoms with Gasteiger partial charge in [-0.05, 0) is 39.0 Å². The second-order valence-corrected chi connectivity index (χ2v) is 5.41. The van der Waals surface area contributed by atoms with E-state index in [-0.39, 0.29) is 17.5 Å². The van der Waals surface area contributed by atoms with E-state index in [2.05, 4.69) is 15.3 Å². The second kappa shape index (κ2) is 8.34. The van der Waals surface area contributed by atoms with E-state index in [9.17, 15) is 4.79 Å². The van der Waals surface area contributed by atoms with Gasteiger partial charge in [-0.15, -0.1) is 0 Å². The number of anilines is 1. The maximum absolute atomic E-state index is 11.8. The van der Waals surface area contributed by atoms with Crippen LogP contribution in [0.15, 0.2) is 30.6 Å². The third kappa shape index (κ3) is 4.60. The molecule has 0 fully saturated rings. The van der Waals surface area contributed by atoms with E-state index in [1.54, 1.807) is 18.3 Å². The van der Waals surface area contributed by atoms with E-state index < -0.39 is 5.97 Å². The zero-order chi connectivity index (χ0) is 18.4. The molecular formula is C18H22N4O3. The number of hydrogen-bond acceptors (Lipinski definition) is 7. The fourth-order valence-corrected chi connectivity index (χ4v) is 2.34. The van der Waals surface area contributed by atoms with Crippen molar-refractivity contribution >= 4 is 17.5 Å². The number of ether oxygens (including phenoxy) is 2. The van der Waals surface area contributed by atoms with Gasteiger partial charge in [0.2, 0.25) is 0 Å². The van der Waals surface area contributed by atoms with Gasteiger partial charge in [0.05, 0.1) is 18.4 Å². The topological polar surface area (TPSA) is 97.2 Å². The Morgan fingerprint density at radius 3 is 2.72 bits per heavy atom. The van der Waals surface area contributed by atoms with Crippen LogP contribution in [-0.4, -0.2) is 41.6 Å². The van der Waals surface area contributed by atoms with Crippen LogP contribution in [0.2, 0.25) is 0 Å². The number of carbonyl (C=O) groups is 1. The quantitative estimate of drug-likeness (QED) is 0.456. The standard InChI is InChI=1S/C18H22N4O3/c1-5-25-12(3)22-17-15(9-14(10-21-17)18(23)24-4)16(19)13-6-7-20-11(2)8-13/h6-10,12,19H,5H2,1-4H3,(H,21,22). The van der Waals surface area contributed by atoms with Crippen LogP contribution in [0.5, 0.6) is 0 Å². The Hall–Kier alpha value is -2.80. The largest absolute Gasteiger partial charge is 0.465 e. The molecule has 2 aromatic rings. The van der Waals surface area contributed by atoms with E-state index in [1.807, 2.05) is 26.8 Å². The van der Waals surface area contributed by atoms with Gasteiger partial charge in [-0.3, -0.25) is 10.4 Å². The molecule has 0 bridgehead atoms. The van der Waals surface area contributed by atoms with Crippen molar-refractivity contribution in [3.8, 4) is 0 Å². The fraction of sp³-hybridized carbons (Fsp3) is 0.333. The molecule has 25 heavy (non-hydrogen) atoms. The van der Waals surface area contributed by atoms with Gasteiger partial charge in [0.25, 0.3) is 0 Å². The first-order chi connectivity index (χ1) is 12.0. The van der Waals surface area contributed by atoms with Crippen molar-refractivity contribution in [3.05, 3.63) is 53.0 Å². The molecule has 0 amide bonds. The highest BCUT2D eigenvalue weighted by atomic mass is 16.5. The number of pyridine rings is 2. The van der Waals surface area contributed by atoms with Gasteiger partial charge in [-0.2, -0.15) is 0 Å². The fourth-order valence-electron chi connectivity index (χ4n) is 2.34. The van der Waals surface area contributed by atoms with Crippen molar-refractivity contribution in [3.63, 3.8) is 0 Å². The van der Waals surface area contributed by atoms with E-state index in [0.29, 0.717) is 23.6 Å². The summed E-state index contributed by atoms with van der Waals surface area (Å²) in [5, 5.41) is 11.7. The highest BCUT2D eigenvalue weighted by molar-refractivity contribution is 6.14. The molecule has 2 aromatic heterocycles. The smallest absolute Gasteiger partial charge is 0.339 e. The lowest BCUT2D eigenvalue weighted by molar-refractivity contribution is 0.0600. The van der Waals surface area contributed by atoms with Crippen LogP contribution in [0, 0.1) is 12.3 Å².